The van der Waals surface area contributed by atoms with E-state index in [4.69, 9.17) is 5.11 Å². The smallest absolute Gasteiger partial charge is 0.328 e. The number of aromatic amines is 1. The standard InChI is InChI=1S/C10H13N3O5/c1-6(9(16)17)12(2)8(15)5-13-4-3-7(14)11-10(13)18/h3-4,6H,5H2,1-2H3,(H,16,17)(H,11,14,18). The van der Waals surface area contributed by atoms with Crippen molar-refractivity contribution in [2.45, 2.75) is 19.5 Å². The van der Waals surface area contributed by atoms with Crippen molar-refractivity contribution in [3.05, 3.63) is 33.1 Å². The number of nitrogens with zero attached hydrogens (tertiary/aromatic N) is 2. The van der Waals surface area contributed by atoms with Gasteiger partial charge >= 0.3 is 11.7 Å². The summed E-state index contributed by atoms with van der Waals surface area (Å²) in [6.07, 6.45) is 1.18. The third-order valence-corrected chi connectivity index (χ3v) is 2.53. The van der Waals surface area contributed by atoms with Crippen LogP contribution in [0.2, 0.25) is 0 Å². The molecule has 1 amide bonds. The van der Waals surface area contributed by atoms with Gasteiger partial charge in [0, 0.05) is 19.3 Å². The van der Waals surface area contributed by atoms with Gasteiger partial charge in [-0.25, -0.2) is 9.59 Å². The number of amides is 1. The molecule has 1 rings (SSSR count). The largest absolute Gasteiger partial charge is 0.480 e. The molecule has 0 fully saturated rings. The van der Waals surface area contributed by atoms with E-state index in [1.165, 1.54) is 20.2 Å². The van der Waals surface area contributed by atoms with E-state index < -0.39 is 29.2 Å². The number of likely N-dealkylation sites (N-methyl/N-ethyl adjacent to an activating group) is 1. The molecular formula is C10H13N3O5. The third kappa shape index (κ3) is 3.06. The first-order valence-corrected chi connectivity index (χ1v) is 5.11. The molecule has 8 nitrogen and oxygen atoms in total. The monoisotopic (exact) mass is 255 g/mol. The zero-order valence-electron chi connectivity index (χ0n) is 9.91. The number of carbonyl (C=O) groups excluding carboxylic acids is 1. The van der Waals surface area contributed by atoms with Crippen LogP contribution in [0.1, 0.15) is 6.92 Å². The van der Waals surface area contributed by atoms with Crippen LogP contribution < -0.4 is 11.2 Å². The van der Waals surface area contributed by atoms with Gasteiger partial charge in [-0.3, -0.25) is 19.1 Å². The summed E-state index contributed by atoms with van der Waals surface area (Å²) in [4.78, 5) is 47.6. The van der Waals surface area contributed by atoms with Gasteiger partial charge in [-0.15, -0.1) is 0 Å². The first kappa shape index (κ1) is 13.7. The van der Waals surface area contributed by atoms with E-state index in [0.717, 1.165) is 15.5 Å². The van der Waals surface area contributed by atoms with Gasteiger partial charge in [0.1, 0.15) is 12.6 Å². The van der Waals surface area contributed by atoms with Crippen molar-refractivity contribution < 1.29 is 14.7 Å². The molecule has 0 spiro atoms. The van der Waals surface area contributed by atoms with Crippen molar-refractivity contribution in [1.29, 1.82) is 0 Å². The topological polar surface area (TPSA) is 112 Å². The molecule has 98 valence electrons. The Morgan fingerprint density at radius 1 is 1.50 bits per heavy atom. The Kier molecular flexibility index (Phi) is 4.03. The molecule has 1 atom stereocenters. The van der Waals surface area contributed by atoms with E-state index in [9.17, 15) is 19.2 Å². The molecule has 1 heterocycles. The Hall–Kier alpha value is -2.38. The molecule has 0 aliphatic rings. The van der Waals surface area contributed by atoms with Crippen molar-refractivity contribution in [3.63, 3.8) is 0 Å². The molecule has 0 aromatic carbocycles. The molecule has 8 heteroatoms. The van der Waals surface area contributed by atoms with E-state index >= 15 is 0 Å². The fourth-order valence-electron chi connectivity index (χ4n) is 1.21. The average Bonchev–Trinajstić information content (AvgIpc) is 2.30. The predicted octanol–water partition coefficient (Wildman–Crippen LogP) is -1.53. The first-order valence-electron chi connectivity index (χ1n) is 5.11. The van der Waals surface area contributed by atoms with Gasteiger partial charge in [-0.05, 0) is 6.92 Å². The lowest BCUT2D eigenvalue weighted by molar-refractivity contribution is -0.148. The number of hydrogen-bond donors (Lipinski definition) is 2. The van der Waals surface area contributed by atoms with Crippen molar-refractivity contribution in [2.75, 3.05) is 7.05 Å². The Labute approximate surface area is 101 Å². The summed E-state index contributed by atoms with van der Waals surface area (Å²) in [7, 11) is 1.33. The molecule has 1 aromatic heterocycles. The maximum absolute atomic E-state index is 11.7. The van der Waals surface area contributed by atoms with Crippen LogP contribution in [0.25, 0.3) is 0 Å². The number of carboxylic acids is 1. The molecule has 0 saturated carbocycles. The van der Waals surface area contributed by atoms with Gasteiger partial charge in [0.2, 0.25) is 5.91 Å². The van der Waals surface area contributed by atoms with Gasteiger partial charge < -0.3 is 10.0 Å². The second kappa shape index (κ2) is 5.30. The number of nitrogens with one attached hydrogen (secondary N) is 1. The summed E-state index contributed by atoms with van der Waals surface area (Å²) in [6.45, 7) is 1.03. The van der Waals surface area contributed by atoms with E-state index in [-0.39, 0.29) is 6.54 Å². The number of rotatable bonds is 4. The van der Waals surface area contributed by atoms with Gasteiger partial charge in [0.15, 0.2) is 0 Å². The second-order valence-corrected chi connectivity index (χ2v) is 3.76. The molecule has 0 aliphatic carbocycles. The summed E-state index contributed by atoms with van der Waals surface area (Å²) in [5.74, 6) is -1.68. The summed E-state index contributed by atoms with van der Waals surface area (Å²) in [5.41, 5.74) is -1.27. The molecule has 0 saturated heterocycles. The second-order valence-electron chi connectivity index (χ2n) is 3.76. The Morgan fingerprint density at radius 2 is 2.11 bits per heavy atom. The Morgan fingerprint density at radius 3 is 2.61 bits per heavy atom. The Balaban J connectivity index is 2.85. The normalized spacial score (nSPS) is 11.9. The molecule has 2 N–H and O–H groups in total. The van der Waals surface area contributed by atoms with Gasteiger partial charge in [0.05, 0.1) is 0 Å². The molecule has 0 aliphatic heterocycles. The molecule has 1 aromatic rings. The third-order valence-electron chi connectivity index (χ3n) is 2.53. The van der Waals surface area contributed by atoms with Crippen LogP contribution in [-0.4, -0.2) is 44.5 Å². The minimum Gasteiger partial charge on any atom is -0.480 e. The highest BCUT2D eigenvalue weighted by Gasteiger charge is 2.21. The number of carbonyl (C=O) groups is 2. The van der Waals surface area contributed by atoms with Crippen LogP contribution in [0.4, 0.5) is 0 Å². The van der Waals surface area contributed by atoms with E-state index in [2.05, 4.69) is 0 Å². The SMILES string of the molecule is CC(C(=O)O)N(C)C(=O)Cn1ccc(=O)[nH]c1=O. The number of carboxylic acid groups (broad SMARTS) is 1. The highest BCUT2D eigenvalue weighted by molar-refractivity contribution is 5.82. The Bertz CT molecular complexity index is 573. The van der Waals surface area contributed by atoms with Crippen LogP contribution >= 0.6 is 0 Å². The number of H-pyrrole nitrogens is 1. The van der Waals surface area contributed by atoms with Gasteiger partial charge in [0.25, 0.3) is 5.56 Å². The minimum atomic E-state index is -1.14. The van der Waals surface area contributed by atoms with Crippen LogP contribution in [0, 0.1) is 0 Å². The van der Waals surface area contributed by atoms with Crippen molar-refractivity contribution in [1.82, 2.24) is 14.5 Å². The zero-order valence-corrected chi connectivity index (χ0v) is 9.91. The molecule has 0 bridgehead atoms. The maximum atomic E-state index is 11.7. The van der Waals surface area contributed by atoms with E-state index in [1.54, 1.807) is 0 Å². The molecule has 18 heavy (non-hydrogen) atoms. The van der Waals surface area contributed by atoms with Crippen molar-refractivity contribution >= 4 is 11.9 Å². The first-order chi connectivity index (χ1) is 8.32. The average molecular weight is 255 g/mol. The summed E-state index contributed by atoms with van der Waals surface area (Å²) in [5, 5.41) is 8.75. The highest BCUT2D eigenvalue weighted by atomic mass is 16.4. The summed E-state index contributed by atoms with van der Waals surface area (Å²) >= 11 is 0. The summed E-state index contributed by atoms with van der Waals surface area (Å²) < 4.78 is 0.995. The molecule has 0 radical (unpaired) electrons. The minimum absolute atomic E-state index is 0.330. The lowest BCUT2D eigenvalue weighted by Crippen LogP contribution is -2.43. The van der Waals surface area contributed by atoms with Gasteiger partial charge in [-0.1, -0.05) is 0 Å². The van der Waals surface area contributed by atoms with Crippen LogP contribution in [0.15, 0.2) is 21.9 Å². The number of aliphatic carboxylic acids is 1. The maximum Gasteiger partial charge on any atom is 0.328 e. The van der Waals surface area contributed by atoms with E-state index in [0.29, 0.717) is 0 Å². The van der Waals surface area contributed by atoms with Crippen molar-refractivity contribution in [2.24, 2.45) is 0 Å². The lowest BCUT2D eigenvalue weighted by Gasteiger charge is -2.21. The van der Waals surface area contributed by atoms with Crippen LogP contribution in [0.3, 0.4) is 0 Å². The molecular weight excluding hydrogens is 242 g/mol. The van der Waals surface area contributed by atoms with Crippen LogP contribution in [0.5, 0.6) is 0 Å². The van der Waals surface area contributed by atoms with E-state index in [1.807, 2.05) is 4.98 Å². The van der Waals surface area contributed by atoms with Gasteiger partial charge in [-0.2, -0.15) is 0 Å². The highest BCUT2D eigenvalue weighted by Crippen LogP contribution is 1.97. The van der Waals surface area contributed by atoms with Crippen molar-refractivity contribution in [3.8, 4) is 0 Å². The van der Waals surface area contributed by atoms with Crippen LogP contribution in [-0.2, 0) is 16.1 Å². The fourth-order valence-corrected chi connectivity index (χ4v) is 1.21. The number of aromatic nitrogens is 2. The predicted molar refractivity (Wildman–Crippen MR) is 61.2 cm³/mol. The zero-order chi connectivity index (χ0) is 13.9. The lowest BCUT2D eigenvalue weighted by atomic mass is 10.3. The fraction of sp³-hybridized carbons (Fsp3) is 0.400. The quantitative estimate of drug-likeness (QED) is 0.677. The number of hydrogen-bond acceptors (Lipinski definition) is 4. The molecule has 1 unspecified atom stereocenters. The summed E-state index contributed by atoms with van der Waals surface area (Å²) in [6, 6.07) is 0.117.